The van der Waals surface area contributed by atoms with Crippen molar-refractivity contribution < 1.29 is 9.90 Å². The molecule has 1 heterocycles. The van der Waals surface area contributed by atoms with Crippen LogP contribution in [0.3, 0.4) is 0 Å². The summed E-state index contributed by atoms with van der Waals surface area (Å²) < 4.78 is 1.52. The Hall–Kier alpha value is -1.56. The molecule has 6 heteroatoms. The molecule has 1 aromatic rings. The molecule has 1 fully saturated rings. The first-order valence-electron chi connectivity index (χ1n) is 6.77. The number of nitrogens with zero attached hydrogens (tertiary/aromatic N) is 2. The van der Waals surface area contributed by atoms with Gasteiger partial charge in [-0.25, -0.2) is 0 Å². The molecule has 0 saturated heterocycles. The van der Waals surface area contributed by atoms with Gasteiger partial charge in [0.05, 0.1) is 23.5 Å². The number of carbonyl (C=O) groups is 1. The molecule has 1 saturated carbocycles. The Morgan fingerprint density at radius 1 is 1.53 bits per heavy atom. The Labute approximate surface area is 113 Å². The number of hydrogen-bond acceptors (Lipinski definition) is 4. The molecule has 0 atom stereocenters. The Bertz CT molecular complexity index is 475. The van der Waals surface area contributed by atoms with E-state index in [2.05, 4.69) is 10.4 Å². The lowest BCUT2D eigenvalue weighted by Crippen LogP contribution is -2.49. The zero-order chi connectivity index (χ0) is 14.0. The standard InChI is InChI=1S/C13H22N4O2/c1-3-9-10(14)11(17(2)16-9)12(19)15-13(8-18)6-4-5-7-13/h18H,3-8,14H2,1-2H3,(H,15,19). The number of nitrogens with one attached hydrogen (secondary N) is 1. The fourth-order valence-corrected chi connectivity index (χ4v) is 2.80. The molecule has 1 amide bonds. The zero-order valence-corrected chi connectivity index (χ0v) is 11.6. The maximum absolute atomic E-state index is 12.4. The van der Waals surface area contributed by atoms with Crippen molar-refractivity contribution in [3.8, 4) is 0 Å². The second-order valence-corrected chi connectivity index (χ2v) is 5.29. The number of hydrogen-bond donors (Lipinski definition) is 3. The molecule has 2 rings (SSSR count). The van der Waals surface area contributed by atoms with Gasteiger partial charge < -0.3 is 16.2 Å². The molecule has 1 aliphatic rings. The quantitative estimate of drug-likeness (QED) is 0.744. The summed E-state index contributed by atoms with van der Waals surface area (Å²) >= 11 is 0. The zero-order valence-electron chi connectivity index (χ0n) is 11.6. The predicted molar refractivity (Wildman–Crippen MR) is 72.7 cm³/mol. The molecular weight excluding hydrogens is 244 g/mol. The Morgan fingerprint density at radius 3 is 2.63 bits per heavy atom. The van der Waals surface area contributed by atoms with E-state index >= 15 is 0 Å². The molecule has 0 unspecified atom stereocenters. The SMILES string of the molecule is CCc1nn(C)c(C(=O)NC2(CO)CCCC2)c1N. The second kappa shape index (κ2) is 5.21. The molecule has 0 aromatic carbocycles. The molecule has 1 aliphatic carbocycles. The monoisotopic (exact) mass is 266 g/mol. The summed E-state index contributed by atoms with van der Waals surface area (Å²) in [5.41, 5.74) is 7.04. The maximum Gasteiger partial charge on any atom is 0.272 e. The van der Waals surface area contributed by atoms with Crippen LogP contribution >= 0.6 is 0 Å². The fourth-order valence-electron chi connectivity index (χ4n) is 2.80. The molecule has 0 radical (unpaired) electrons. The van der Waals surface area contributed by atoms with Gasteiger partial charge in [0.25, 0.3) is 5.91 Å². The third kappa shape index (κ3) is 2.45. The van der Waals surface area contributed by atoms with Gasteiger partial charge in [0, 0.05) is 7.05 Å². The number of nitrogen functional groups attached to an aromatic ring is 1. The van der Waals surface area contributed by atoms with Gasteiger partial charge in [-0.3, -0.25) is 9.48 Å². The van der Waals surface area contributed by atoms with Crippen LogP contribution in [-0.2, 0) is 13.5 Å². The van der Waals surface area contributed by atoms with E-state index in [0.29, 0.717) is 17.8 Å². The van der Waals surface area contributed by atoms with Crippen molar-refractivity contribution in [1.82, 2.24) is 15.1 Å². The van der Waals surface area contributed by atoms with Gasteiger partial charge in [0.15, 0.2) is 0 Å². The van der Waals surface area contributed by atoms with Crippen LogP contribution in [0.2, 0.25) is 0 Å². The van der Waals surface area contributed by atoms with Crippen molar-refractivity contribution in [2.24, 2.45) is 7.05 Å². The molecule has 106 valence electrons. The third-order valence-corrected chi connectivity index (χ3v) is 3.95. The van der Waals surface area contributed by atoms with Crippen LogP contribution in [0.25, 0.3) is 0 Å². The summed E-state index contributed by atoms with van der Waals surface area (Å²) in [7, 11) is 1.71. The lowest BCUT2D eigenvalue weighted by molar-refractivity contribution is 0.0830. The van der Waals surface area contributed by atoms with Crippen LogP contribution in [-0.4, -0.2) is 32.9 Å². The van der Waals surface area contributed by atoms with E-state index < -0.39 is 5.54 Å². The van der Waals surface area contributed by atoms with Crippen LogP contribution < -0.4 is 11.1 Å². The van der Waals surface area contributed by atoms with Gasteiger partial charge >= 0.3 is 0 Å². The maximum atomic E-state index is 12.4. The van der Waals surface area contributed by atoms with Gasteiger partial charge in [-0.05, 0) is 19.3 Å². The molecule has 0 aliphatic heterocycles. The van der Waals surface area contributed by atoms with Crippen molar-refractivity contribution in [3.05, 3.63) is 11.4 Å². The van der Waals surface area contributed by atoms with Gasteiger partial charge in [0.2, 0.25) is 0 Å². The predicted octanol–water partition coefficient (Wildman–Crippen LogP) is 0.600. The third-order valence-electron chi connectivity index (χ3n) is 3.95. The summed E-state index contributed by atoms with van der Waals surface area (Å²) in [6.07, 6.45) is 4.38. The number of aryl methyl sites for hydroxylation is 2. The van der Waals surface area contributed by atoms with E-state index in [0.717, 1.165) is 31.4 Å². The largest absolute Gasteiger partial charge is 0.395 e. The Morgan fingerprint density at radius 2 is 2.16 bits per heavy atom. The van der Waals surface area contributed by atoms with Crippen LogP contribution in [0, 0.1) is 0 Å². The highest BCUT2D eigenvalue weighted by Gasteiger charge is 2.36. The molecular formula is C13H22N4O2. The first-order chi connectivity index (χ1) is 9.03. The average molecular weight is 266 g/mol. The summed E-state index contributed by atoms with van der Waals surface area (Å²) in [6, 6.07) is 0. The lowest BCUT2D eigenvalue weighted by atomic mass is 9.98. The minimum Gasteiger partial charge on any atom is -0.395 e. The number of nitrogens with two attached hydrogens (primary N) is 1. The number of aliphatic hydroxyl groups is 1. The highest BCUT2D eigenvalue weighted by molar-refractivity contribution is 5.98. The van der Waals surface area contributed by atoms with Gasteiger partial charge in [0.1, 0.15) is 5.69 Å². The summed E-state index contributed by atoms with van der Waals surface area (Å²) in [5, 5.41) is 16.7. The van der Waals surface area contributed by atoms with E-state index in [4.69, 9.17) is 5.73 Å². The molecule has 0 spiro atoms. The smallest absolute Gasteiger partial charge is 0.272 e. The molecule has 19 heavy (non-hydrogen) atoms. The number of aromatic nitrogens is 2. The second-order valence-electron chi connectivity index (χ2n) is 5.29. The van der Waals surface area contributed by atoms with E-state index in [-0.39, 0.29) is 12.5 Å². The van der Waals surface area contributed by atoms with Gasteiger partial charge in [-0.15, -0.1) is 0 Å². The number of aliphatic hydroxyl groups excluding tert-OH is 1. The Kier molecular flexibility index (Phi) is 3.80. The average Bonchev–Trinajstić information content (AvgIpc) is 2.95. The fraction of sp³-hybridized carbons (Fsp3) is 0.692. The number of carbonyl (C=O) groups excluding carboxylic acids is 1. The van der Waals surface area contributed by atoms with Crippen molar-refractivity contribution in [2.75, 3.05) is 12.3 Å². The number of rotatable bonds is 4. The van der Waals surface area contributed by atoms with E-state index in [1.54, 1.807) is 7.05 Å². The van der Waals surface area contributed by atoms with Crippen molar-refractivity contribution in [1.29, 1.82) is 0 Å². The highest BCUT2D eigenvalue weighted by Crippen LogP contribution is 2.30. The summed E-state index contributed by atoms with van der Waals surface area (Å²) in [5.74, 6) is -0.247. The van der Waals surface area contributed by atoms with Crippen LogP contribution in [0.4, 0.5) is 5.69 Å². The van der Waals surface area contributed by atoms with E-state index in [1.165, 1.54) is 4.68 Å². The highest BCUT2D eigenvalue weighted by atomic mass is 16.3. The van der Waals surface area contributed by atoms with Crippen molar-refractivity contribution in [3.63, 3.8) is 0 Å². The first-order valence-corrected chi connectivity index (χ1v) is 6.77. The van der Waals surface area contributed by atoms with Crippen molar-refractivity contribution in [2.45, 2.75) is 44.6 Å². The molecule has 0 bridgehead atoms. The summed E-state index contributed by atoms with van der Waals surface area (Å²) in [6.45, 7) is 1.92. The normalized spacial score (nSPS) is 17.6. The van der Waals surface area contributed by atoms with Crippen LogP contribution in [0.15, 0.2) is 0 Å². The summed E-state index contributed by atoms with van der Waals surface area (Å²) in [4.78, 5) is 12.4. The minimum atomic E-state index is -0.486. The molecule has 4 N–H and O–H groups in total. The lowest BCUT2D eigenvalue weighted by Gasteiger charge is -2.27. The van der Waals surface area contributed by atoms with Crippen LogP contribution in [0.1, 0.15) is 48.8 Å². The first kappa shape index (κ1) is 13.9. The number of anilines is 1. The van der Waals surface area contributed by atoms with Gasteiger partial charge in [-0.1, -0.05) is 19.8 Å². The molecule has 6 nitrogen and oxygen atoms in total. The van der Waals surface area contributed by atoms with Crippen molar-refractivity contribution >= 4 is 11.6 Å². The Balaban J connectivity index is 2.22. The van der Waals surface area contributed by atoms with Gasteiger partial charge in [-0.2, -0.15) is 5.10 Å². The van der Waals surface area contributed by atoms with Crippen LogP contribution in [0.5, 0.6) is 0 Å². The van der Waals surface area contributed by atoms with E-state index in [9.17, 15) is 9.90 Å². The van der Waals surface area contributed by atoms with E-state index in [1.807, 2.05) is 6.92 Å². The minimum absolute atomic E-state index is 0.0306. The number of amides is 1. The topological polar surface area (TPSA) is 93.2 Å². The molecule has 1 aromatic heterocycles.